The summed E-state index contributed by atoms with van der Waals surface area (Å²) in [6.45, 7) is 6.84. The molecule has 0 aliphatic carbocycles. The normalized spacial score (nSPS) is 23.5. The number of aliphatic imine (C=N–C) groups is 1. The summed E-state index contributed by atoms with van der Waals surface area (Å²) >= 11 is 3.64. The molecule has 2 saturated heterocycles. The van der Waals surface area contributed by atoms with Crippen LogP contribution in [-0.4, -0.2) is 51.9 Å². The van der Waals surface area contributed by atoms with Gasteiger partial charge in [0, 0.05) is 42.6 Å². The number of ether oxygens (including phenoxy) is 1. The Hall–Kier alpha value is -1.27. The van der Waals surface area contributed by atoms with Gasteiger partial charge < -0.3 is 20.3 Å². The molecule has 0 radical (unpaired) electrons. The maximum atomic E-state index is 5.30. The molecule has 23 heavy (non-hydrogen) atoms. The van der Waals surface area contributed by atoms with Crippen molar-refractivity contribution in [1.82, 2.24) is 10.6 Å². The van der Waals surface area contributed by atoms with E-state index in [1.54, 1.807) is 0 Å². The van der Waals surface area contributed by atoms with Crippen molar-refractivity contribution in [2.75, 3.05) is 44.8 Å². The van der Waals surface area contributed by atoms with Gasteiger partial charge in [-0.1, -0.05) is 19.1 Å². The highest BCUT2D eigenvalue weighted by atomic mass is 79.9. The van der Waals surface area contributed by atoms with Crippen molar-refractivity contribution in [3.8, 4) is 0 Å². The zero-order chi connectivity index (χ0) is 16.3. The first kappa shape index (κ1) is 16.6. The van der Waals surface area contributed by atoms with E-state index in [2.05, 4.69) is 67.6 Å². The number of nitrogens with one attached hydrogen (secondary N) is 2. The maximum Gasteiger partial charge on any atom is 0.191 e. The van der Waals surface area contributed by atoms with Gasteiger partial charge in [0.1, 0.15) is 0 Å². The molecule has 0 amide bonds. The summed E-state index contributed by atoms with van der Waals surface area (Å²) in [4.78, 5) is 6.77. The van der Waals surface area contributed by atoms with Crippen LogP contribution < -0.4 is 15.5 Å². The zero-order valence-corrected chi connectivity index (χ0v) is 15.4. The van der Waals surface area contributed by atoms with E-state index < -0.39 is 0 Å². The van der Waals surface area contributed by atoms with Gasteiger partial charge >= 0.3 is 0 Å². The highest BCUT2D eigenvalue weighted by Gasteiger charge is 2.33. The Morgan fingerprint density at radius 1 is 1.43 bits per heavy atom. The van der Waals surface area contributed by atoms with E-state index in [9.17, 15) is 0 Å². The molecule has 0 saturated carbocycles. The van der Waals surface area contributed by atoms with Crippen LogP contribution in [0.25, 0.3) is 0 Å². The van der Waals surface area contributed by atoms with Gasteiger partial charge in [-0.05, 0) is 34.5 Å². The molecule has 2 heterocycles. The fourth-order valence-corrected chi connectivity index (χ4v) is 3.58. The molecule has 1 unspecified atom stereocenters. The lowest BCUT2D eigenvalue weighted by Crippen LogP contribution is -2.52. The molecule has 0 aromatic heterocycles. The largest absolute Gasteiger partial charge is 0.380 e. The molecule has 0 bridgehead atoms. The van der Waals surface area contributed by atoms with E-state index in [4.69, 9.17) is 4.74 Å². The average Bonchev–Trinajstić information content (AvgIpc) is 2.98. The lowest BCUT2D eigenvalue weighted by Gasteiger charge is -2.38. The highest BCUT2D eigenvalue weighted by molar-refractivity contribution is 9.10. The molecular formula is C17H25BrN4O. The van der Waals surface area contributed by atoms with E-state index in [1.807, 2.05) is 7.05 Å². The third kappa shape index (κ3) is 3.98. The second-order valence-electron chi connectivity index (χ2n) is 6.76. The van der Waals surface area contributed by atoms with Crippen LogP contribution in [-0.2, 0) is 4.74 Å². The van der Waals surface area contributed by atoms with Crippen molar-refractivity contribution < 1.29 is 4.74 Å². The minimum Gasteiger partial charge on any atom is -0.380 e. The standard InChI is InChI=1S/C17H25BrN4O/c1-17(11-23-12-17)10-20-16(19-2)21-13-7-8-22(9-13)15-6-4-3-5-14(15)18/h3-6,13H,7-12H2,1-2H3,(H2,19,20,21). The fraction of sp³-hybridized carbons (Fsp3) is 0.588. The van der Waals surface area contributed by atoms with Crippen molar-refractivity contribution in [1.29, 1.82) is 0 Å². The number of anilines is 1. The van der Waals surface area contributed by atoms with Crippen molar-refractivity contribution in [3.63, 3.8) is 0 Å². The third-order valence-electron chi connectivity index (χ3n) is 4.53. The summed E-state index contributed by atoms with van der Waals surface area (Å²) in [6, 6.07) is 8.81. The smallest absolute Gasteiger partial charge is 0.191 e. The number of rotatable bonds is 4. The molecule has 5 nitrogen and oxygen atoms in total. The van der Waals surface area contributed by atoms with Gasteiger partial charge in [-0.15, -0.1) is 0 Å². The summed E-state index contributed by atoms with van der Waals surface area (Å²) in [6.07, 6.45) is 1.11. The molecule has 6 heteroatoms. The van der Waals surface area contributed by atoms with E-state index in [0.29, 0.717) is 6.04 Å². The SMILES string of the molecule is CN=C(NCC1(C)COC1)NC1CCN(c2ccccc2Br)C1. The molecular weight excluding hydrogens is 356 g/mol. The molecule has 1 aromatic carbocycles. The molecule has 126 valence electrons. The van der Waals surface area contributed by atoms with E-state index in [1.165, 1.54) is 5.69 Å². The highest BCUT2D eigenvalue weighted by Crippen LogP contribution is 2.28. The third-order valence-corrected chi connectivity index (χ3v) is 5.20. The quantitative estimate of drug-likeness (QED) is 0.621. The Morgan fingerprint density at radius 3 is 2.87 bits per heavy atom. The fourth-order valence-electron chi connectivity index (χ4n) is 3.04. The Balaban J connectivity index is 1.51. The van der Waals surface area contributed by atoms with Crippen LogP contribution in [0, 0.1) is 5.41 Å². The van der Waals surface area contributed by atoms with Gasteiger partial charge in [0.15, 0.2) is 5.96 Å². The van der Waals surface area contributed by atoms with E-state index >= 15 is 0 Å². The molecule has 2 aliphatic rings. The first-order valence-electron chi connectivity index (χ1n) is 8.14. The summed E-state index contributed by atoms with van der Waals surface area (Å²) in [7, 11) is 1.83. The summed E-state index contributed by atoms with van der Waals surface area (Å²) in [5.74, 6) is 0.886. The summed E-state index contributed by atoms with van der Waals surface area (Å²) in [5, 5.41) is 6.98. The zero-order valence-electron chi connectivity index (χ0n) is 13.8. The maximum absolute atomic E-state index is 5.30. The number of para-hydroxylation sites is 1. The second kappa shape index (κ2) is 7.09. The van der Waals surface area contributed by atoms with Gasteiger partial charge in [-0.2, -0.15) is 0 Å². The predicted octanol–water partition coefficient (Wildman–Crippen LogP) is 2.23. The van der Waals surface area contributed by atoms with Crippen LogP contribution in [0.1, 0.15) is 13.3 Å². The molecule has 3 rings (SSSR count). The Morgan fingerprint density at radius 2 is 2.22 bits per heavy atom. The Kier molecular flexibility index (Phi) is 5.11. The Labute approximate surface area is 146 Å². The van der Waals surface area contributed by atoms with Crippen LogP contribution in [0.3, 0.4) is 0 Å². The Bertz CT molecular complexity index is 573. The molecule has 1 atom stereocenters. The molecule has 2 fully saturated rings. The van der Waals surface area contributed by atoms with Gasteiger partial charge in [0.05, 0.1) is 18.9 Å². The van der Waals surface area contributed by atoms with Gasteiger partial charge in [0.2, 0.25) is 0 Å². The number of hydrogen-bond acceptors (Lipinski definition) is 3. The minimum atomic E-state index is 0.244. The molecule has 2 N–H and O–H groups in total. The van der Waals surface area contributed by atoms with Crippen LogP contribution >= 0.6 is 15.9 Å². The lowest BCUT2D eigenvalue weighted by molar-refractivity contribution is -0.0971. The van der Waals surface area contributed by atoms with Crippen LogP contribution in [0.5, 0.6) is 0 Å². The molecule has 2 aliphatic heterocycles. The predicted molar refractivity (Wildman–Crippen MR) is 98.2 cm³/mol. The number of benzene rings is 1. The number of nitrogens with zero attached hydrogens (tertiary/aromatic N) is 2. The summed E-state index contributed by atoms with van der Waals surface area (Å²) in [5.41, 5.74) is 1.51. The number of halogens is 1. The lowest BCUT2D eigenvalue weighted by atomic mass is 9.89. The number of guanidine groups is 1. The number of hydrogen-bond donors (Lipinski definition) is 2. The van der Waals surface area contributed by atoms with Crippen molar-refractivity contribution in [3.05, 3.63) is 28.7 Å². The van der Waals surface area contributed by atoms with Crippen molar-refractivity contribution in [2.24, 2.45) is 10.4 Å². The second-order valence-corrected chi connectivity index (χ2v) is 7.61. The van der Waals surface area contributed by atoms with Crippen LogP contribution in [0.15, 0.2) is 33.7 Å². The van der Waals surface area contributed by atoms with Crippen LogP contribution in [0.4, 0.5) is 5.69 Å². The monoisotopic (exact) mass is 380 g/mol. The van der Waals surface area contributed by atoms with Crippen molar-refractivity contribution in [2.45, 2.75) is 19.4 Å². The van der Waals surface area contributed by atoms with Gasteiger partial charge in [-0.25, -0.2) is 0 Å². The molecule has 1 aromatic rings. The topological polar surface area (TPSA) is 48.9 Å². The van der Waals surface area contributed by atoms with Crippen molar-refractivity contribution >= 4 is 27.6 Å². The molecule has 0 spiro atoms. The van der Waals surface area contributed by atoms with E-state index in [-0.39, 0.29) is 5.41 Å². The first-order chi connectivity index (χ1) is 11.1. The van der Waals surface area contributed by atoms with Gasteiger partial charge in [0.25, 0.3) is 0 Å². The summed E-state index contributed by atoms with van der Waals surface area (Å²) < 4.78 is 6.45. The van der Waals surface area contributed by atoms with E-state index in [0.717, 1.165) is 49.7 Å². The average molecular weight is 381 g/mol. The first-order valence-corrected chi connectivity index (χ1v) is 8.93. The minimum absolute atomic E-state index is 0.244. The van der Waals surface area contributed by atoms with Crippen LogP contribution in [0.2, 0.25) is 0 Å². The van der Waals surface area contributed by atoms with Gasteiger partial charge in [-0.3, -0.25) is 4.99 Å².